The highest BCUT2D eigenvalue weighted by Crippen LogP contribution is 2.27. The summed E-state index contributed by atoms with van der Waals surface area (Å²) >= 11 is 7.00. The van der Waals surface area contributed by atoms with Gasteiger partial charge in [-0.3, -0.25) is 0 Å². The topological polar surface area (TPSA) is 50.9 Å². The van der Waals surface area contributed by atoms with Crippen LogP contribution >= 0.6 is 23.6 Å². The number of nitrogens with two attached hydrogens (primary N) is 1. The molecule has 1 aliphatic carbocycles. The number of thiocarbonyl (C=S) groups is 1. The van der Waals surface area contributed by atoms with Gasteiger partial charge in [0.2, 0.25) is 0 Å². The van der Waals surface area contributed by atoms with Crippen LogP contribution in [-0.4, -0.2) is 9.97 Å². The number of nitrogens with one attached hydrogen (secondary N) is 1. The molecule has 2 aromatic heterocycles. The Kier molecular flexibility index (Phi) is 3.95. The van der Waals surface area contributed by atoms with Gasteiger partial charge in [0, 0.05) is 15.4 Å². The Labute approximate surface area is 134 Å². The molecule has 110 valence electrons. The molecule has 0 radical (unpaired) electrons. The van der Waals surface area contributed by atoms with Crippen molar-refractivity contribution in [2.75, 3.05) is 5.32 Å². The summed E-state index contributed by atoms with van der Waals surface area (Å²) in [6.07, 6.45) is 3.31. The number of thiophene rings is 1. The molecule has 0 bridgehead atoms. The molecule has 3 rings (SSSR count). The molecule has 0 saturated heterocycles. The van der Waals surface area contributed by atoms with Gasteiger partial charge in [-0.1, -0.05) is 12.2 Å². The second-order valence-electron chi connectivity index (χ2n) is 5.51. The molecule has 0 unspecified atom stereocenters. The maximum absolute atomic E-state index is 5.86. The largest absolute Gasteiger partial charge is 0.389 e. The third-order valence-electron chi connectivity index (χ3n) is 3.96. The Morgan fingerprint density at radius 3 is 2.86 bits per heavy atom. The number of rotatable bonds is 4. The van der Waals surface area contributed by atoms with Crippen molar-refractivity contribution in [3.63, 3.8) is 0 Å². The van der Waals surface area contributed by atoms with Gasteiger partial charge >= 0.3 is 0 Å². The van der Waals surface area contributed by atoms with Crippen LogP contribution in [0.5, 0.6) is 0 Å². The zero-order valence-electron chi connectivity index (χ0n) is 12.3. The van der Waals surface area contributed by atoms with Gasteiger partial charge in [-0.25, -0.2) is 4.98 Å². The minimum absolute atomic E-state index is 0.415. The van der Waals surface area contributed by atoms with Gasteiger partial charge in [-0.2, -0.15) is 0 Å². The molecule has 3 N–H and O–H groups in total. The molecule has 0 fully saturated rings. The van der Waals surface area contributed by atoms with Gasteiger partial charge in [0.05, 0.1) is 12.1 Å². The average molecular weight is 317 g/mol. The number of hydrogen-bond acceptors (Lipinski definition) is 4. The third kappa shape index (κ3) is 2.94. The van der Waals surface area contributed by atoms with Crippen molar-refractivity contribution in [2.24, 2.45) is 5.73 Å². The van der Waals surface area contributed by atoms with Crippen LogP contribution in [0.4, 0.5) is 5.82 Å². The van der Waals surface area contributed by atoms with Crippen molar-refractivity contribution in [1.82, 2.24) is 4.98 Å². The molecule has 0 aliphatic heterocycles. The zero-order valence-corrected chi connectivity index (χ0v) is 14.0. The lowest BCUT2D eigenvalue weighted by Crippen LogP contribution is -2.15. The molecule has 21 heavy (non-hydrogen) atoms. The molecule has 5 heteroatoms. The summed E-state index contributed by atoms with van der Waals surface area (Å²) in [7, 11) is 0. The number of fused-ring (bicyclic) bond motifs is 1. The van der Waals surface area contributed by atoms with Crippen molar-refractivity contribution in [1.29, 1.82) is 0 Å². The van der Waals surface area contributed by atoms with E-state index in [0.29, 0.717) is 4.99 Å². The van der Waals surface area contributed by atoms with Gasteiger partial charge in [-0.05, 0) is 56.4 Å². The Morgan fingerprint density at radius 2 is 2.19 bits per heavy atom. The fraction of sp³-hybridized carbons (Fsp3) is 0.375. The van der Waals surface area contributed by atoms with Crippen LogP contribution in [0.25, 0.3) is 0 Å². The van der Waals surface area contributed by atoms with Crippen LogP contribution in [0.15, 0.2) is 12.1 Å². The van der Waals surface area contributed by atoms with Gasteiger partial charge in [0.1, 0.15) is 10.8 Å². The standard InChI is InChI=1S/C16H19N3S2/c1-9-6-12(21-10(9)2)8-18-16-13(15(17)20)7-11-4-3-5-14(11)19-16/h6-7H,3-5,8H2,1-2H3,(H2,17,20)(H,18,19). The van der Waals surface area contributed by atoms with Gasteiger partial charge in [-0.15, -0.1) is 11.3 Å². The summed E-state index contributed by atoms with van der Waals surface area (Å²) in [4.78, 5) is 7.83. The minimum atomic E-state index is 0.415. The first-order valence-electron chi connectivity index (χ1n) is 7.17. The molecule has 2 aromatic rings. The summed E-state index contributed by atoms with van der Waals surface area (Å²) in [5, 5.41) is 3.41. The van der Waals surface area contributed by atoms with Gasteiger partial charge in [0.25, 0.3) is 0 Å². The van der Waals surface area contributed by atoms with Crippen LogP contribution in [0, 0.1) is 13.8 Å². The van der Waals surface area contributed by atoms with E-state index in [4.69, 9.17) is 22.9 Å². The van der Waals surface area contributed by atoms with Crippen LogP contribution in [0.3, 0.4) is 0 Å². The van der Waals surface area contributed by atoms with E-state index in [0.717, 1.165) is 30.8 Å². The fourth-order valence-electron chi connectivity index (χ4n) is 2.70. The second-order valence-corrected chi connectivity index (χ2v) is 7.29. The van der Waals surface area contributed by atoms with E-state index in [1.807, 2.05) is 11.3 Å². The molecule has 2 heterocycles. The molecule has 0 spiro atoms. The third-order valence-corrected chi connectivity index (χ3v) is 5.34. The van der Waals surface area contributed by atoms with E-state index in [2.05, 4.69) is 31.3 Å². The molecular formula is C16H19N3S2. The van der Waals surface area contributed by atoms with Crippen molar-refractivity contribution in [2.45, 2.75) is 39.7 Å². The number of aryl methyl sites for hydroxylation is 4. The highest BCUT2D eigenvalue weighted by Gasteiger charge is 2.17. The van der Waals surface area contributed by atoms with E-state index < -0.39 is 0 Å². The predicted molar refractivity (Wildman–Crippen MR) is 93.3 cm³/mol. The lowest BCUT2D eigenvalue weighted by molar-refractivity contribution is 0.899. The lowest BCUT2D eigenvalue weighted by Gasteiger charge is -2.12. The maximum Gasteiger partial charge on any atom is 0.136 e. The normalized spacial score (nSPS) is 13.2. The van der Waals surface area contributed by atoms with Crippen molar-refractivity contribution < 1.29 is 0 Å². The molecule has 1 aliphatic rings. The first kappa shape index (κ1) is 14.5. The summed E-state index contributed by atoms with van der Waals surface area (Å²) in [6.45, 7) is 5.06. The van der Waals surface area contributed by atoms with Crippen molar-refractivity contribution >= 4 is 34.4 Å². The molecule has 0 atom stereocenters. The second kappa shape index (κ2) is 5.73. The van der Waals surface area contributed by atoms with E-state index in [-0.39, 0.29) is 0 Å². The quantitative estimate of drug-likeness (QED) is 0.848. The lowest BCUT2D eigenvalue weighted by atomic mass is 10.1. The maximum atomic E-state index is 5.86. The molecular weight excluding hydrogens is 298 g/mol. The molecule has 0 saturated carbocycles. The smallest absolute Gasteiger partial charge is 0.136 e. The fourth-order valence-corrected chi connectivity index (χ4v) is 3.85. The highest BCUT2D eigenvalue weighted by molar-refractivity contribution is 7.80. The highest BCUT2D eigenvalue weighted by atomic mass is 32.1. The van der Waals surface area contributed by atoms with Crippen molar-refractivity contribution in [3.05, 3.63) is 44.3 Å². The van der Waals surface area contributed by atoms with E-state index >= 15 is 0 Å². The van der Waals surface area contributed by atoms with Gasteiger partial charge in [0.15, 0.2) is 0 Å². The predicted octanol–water partition coefficient (Wildman–Crippen LogP) is 3.49. The Balaban J connectivity index is 1.85. The molecule has 0 amide bonds. The summed E-state index contributed by atoms with van der Waals surface area (Å²) in [6, 6.07) is 4.34. The number of hydrogen-bond donors (Lipinski definition) is 2. The van der Waals surface area contributed by atoms with E-state index in [1.165, 1.54) is 33.0 Å². The summed E-state index contributed by atoms with van der Waals surface area (Å²) in [5.74, 6) is 0.826. The van der Waals surface area contributed by atoms with Crippen molar-refractivity contribution in [3.8, 4) is 0 Å². The van der Waals surface area contributed by atoms with Crippen LogP contribution < -0.4 is 11.1 Å². The van der Waals surface area contributed by atoms with E-state index in [9.17, 15) is 0 Å². The van der Waals surface area contributed by atoms with Gasteiger partial charge < -0.3 is 11.1 Å². The number of anilines is 1. The number of nitrogens with zero attached hydrogens (tertiary/aromatic N) is 1. The zero-order chi connectivity index (χ0) is 15.0. The monoisotopic (exact) mass is 317 g/mol. The first-order chi connectivity index (χ1) is 10.0. The van der Waals surface area contributed by atoms with Crippen LogP contribution in [0.2, 0.25) is 0 Å². The molecule has 3 nitrogen and oxygen atoms in total. The Hall–Kier alpha value is -1.46. The SMILES string of the molecule is Cc1cc(CNc2nc3c(cc2C(N)=S)CCC3)sc1C. The Morgan fingerprint density at radius 1 is 1.38 bits per heavy atom. The Bertz CT molecular complexity index is 684. The first-order valence-corrected chi connectivity index (χ1v) is 8.39. The minimum Gasteiger partial charge on any atom is -0.389 e. The molecule has 0 aromatic carbocycles. The average Bonchev–Trinajstić information content (AvgIpc) is 3.02. The summed E-state index contributed by atoms with van der Waals surface area (Å²) < 4.78 is 0. The van der Waals surface area contributed by atoms with Crippen LogP contribution in [0.1, 0.15) is 38.6 Å². The summed E-state index contributed by atoms with van der Waals surface area (Å²) in [5.41, 5.74) is 10.6. The van der Waals surface area contributed by atoms with Crippen LogP contribution in [-0.2, 0) is 19.4 Å². The van der Waals surface area contributed by atoms with E-state index in [1.54, 1.807) is 0 Å². The number of pyridine rings is 1. The number of aromatic nitrogens is 1.